The standard InChI is InChI=1S/C7H12N2O4/c1-7(2,3-4(8)10)9-5(11)6(12)13/h3H2,1-2H3,(H2,8,10)(H,9,11)(H,12,13). The topological polar surface area (TPSA) is 109 Å². The van der Waals surface area contributed by atoms with Crippen LogP contribution in [0.25, 0.3) is 0 Å². The number of carbonyl (C=O) groups excluding carboxylic acids is 2. The summed E-state index contributed by atoms with van der Waals surface area (Å²) in [6.45, 7) is 3.02. The van der Waals surface area contributed by atoms with E-state index in [0.29, 0.717) is 0 Å². The van der Waals surface area contributed by atoms with E-state index in [4.69, 9.17) is 10.8 Å². The number of hydrogen-bond acceptors (Lipinski definition) is 3. The number of carbonyl (C=O) groups is 3. The molecule has 0 bridgehead atoms. The van der Waals surface area contributed by atoms with Crippen LogP contribution in [-0.4, -0.2) is 28.4 Å². The number of hydrogen-bond donors (Lipinski definition) is 3. The van der Waals surface area contributed by atoms with Gasteiger partial charge in [0.15, 0.2) is 0 Å². The van der Waals surface area contributed by atoms with Crippen molar-refractivity contribution in [3.05, 3.63) is 0 Å². The molecule has 74 valence electrons. The van der Waals surface area contributed by atoms with Gasteiger partial charge in [-0.2, -0.15) is 0 Å². The van der Waals surface area contributed by atoms with Crippen LogP contribution in [0.1, 0.15) is 20.3 Å². The molecule has 6 nitrogen and oxygen atoms in total. The molecule has 0 aliphatic carbocycles. The van der Waals surface area contributed by atoms with Crippen molar-refractivity contribution in [3.8, 4) is 0 Å². The van der Waals surface area contributed by atoms with E-state index in [-0.39, 0.29) is 6.42 Å². The Morgan fingerprint density at radius 2 is 1.85 bits per heavy atom. The number of amides is 2. The summed E-state index contributed by atoms with van der Waals surface area (Å²) < 4.78 is 0. The third-order valence-corrected chi connectivity index (χ3v) is 1.26. The fraction of sp³-hybridized carbons (Fsp3) is 0.571. The van der Waals surface area contributed by atoms with Gasteiger partial charge >= 0.3 is 11.9 Å². The molecular weight excluding hydrogens is 176 g/mol. The minimum atomic E-state index is -1.59. The second-order valence-electron chi connectivity index (χ2n) is 3.29. The van der Waals surface area contributed by atoms with E-state index in [0.717, 1.165) is 0 Å². The van der Waals surface area contributed by atoms with Gasteiger partial charge < -0.3 is 16.2 Å². The molecule has 6 heteroatoms. The summed E-state index contributed by atoms with van der Waals surface area (Å²) in [5, 5.41) is 10.4. The van der Waals surface area contributed by atoms with Crippen LogP contribution in [0.15, 0.2) is 0 Å². The second kappa shape index (κ2) is 3.88. The number of nitrogens with one attached hydrogen (secondary N) is 1. The highest BCUT2D eigenvalue weighted by molar-refractivity contribution is 6.31. The molecular formula is C7H12N2O4. The molecule has 13 heavy (non-hydrogen) atoms. The lowest BCUT2D eigenvalue weighted by molar-refractivity contribution is -0.151. The SMILES string of the molecule is CC(C)(CC(N)=O)NC(=O)C(=O)O. The monoisotopic (exact) mass is 188 g/mol. The van der Waals surface area contributed by atoms with Gasteiger partial charge in [-0.25, -0.2) is 4.79 Å². The van der Waals surface area contributed by atoms with Crippen molar-refractivity contribution in [1.82, 2.24) is 5.32 Å². The predicted molar refractivity (Wildman–Crippen MR) is 43.7 cm³/mol. The molecule has 0 fully saturated rings. The molecule has 0 unspecified atom stereocenters. The third kappa shape index (κ3) is 4.78. The van der Waals surface area contributed by atoms with E-state index in [2.05, 4.69) is 5.32 Å². The maximum Gasteiger partial charge on any atom is 0.394 e. The van der Waals surface area contributed by atoms with Crippen LogP contribution in [0.5, 0.6) is 0 Å². The zero-order chi connectivity index (χ0) is 10.6. The van der Waals surface area contributed by atoms with Gasteiger partial charge in [0.1, 0.15) is 0 Å². The predicted octanol–water partition coefficient (Wildman–Crippen LogP) is -1.16. The Balaban J connectivity index is 4.24. The van der Waals surface area contributed by atoms with Crippen molar-refractivity contribution in [1.29, 1.82) is 0 Å². The maximum absolute atomic E-state index is 10.7. The molecule has 0 aliphatic heterocycles. The first kappa shape index (κ1) is 11.4. The second-order valence-corrected chi connectivity index (χ2v) is 3.29. The highest BCUT2D eigenvalue weighted by Gasteiger charge is 2.25. The number of rotatable bonds is 3. The van der Waals surface area contributed by atoms with E-state index in [9.17, 15) is 14.4 Å². The minimum Gasteiger partial charge on any atom is -0.474 e. The lowest BCUT2D eigenvalue weighted by atomic mass is 10.0. The minimum absolute atomic E-state index is 0.105. The summed E-state index contributed by atoms with van der Waals surface area (Å²) in [4.78, 5) is 31.3. The molecule has 0 heterocycles. The largest absolute Gasteiger partial charge is 0.474 e. The number of carboxylic acids is 1. The van der Waals surface area contributed by atoms with Gasteiger partial charge in [0.2, 0.25) is 5.91 Å². The molecule has 0 radical (unpaired) electrons. The molecule has 0 aromatic carbocycles. The molecule has 4 N–H and O–H groups in total. The van der Waals surface area contributed by atoms with Gasteiger partial charge in [-0.1, -0.05) is 0 Å². The molecule has 0 saturated heterocycles. The van der Waals surface area contributed by atoms with Crippen molar-refractivity contribution in [2.45, 2.75) is 25.8 Å². The maximum atomic E-state index is 10.7. The third-order valence-electron chi connectivity index (χ3n) is 1.26. The van der Waals surface area contributed by atoms with E-state index >= 15 is 0 Å². The van der Waals surface area contributed by atoms with Crippen molar-refractivity contribution < 1.29 is 19.5 Å². The van der Waals surface area contributed by atoms with Gasteiger partial charge in [-0.05, 0) is 13.8 Å². The molecule has 0 aromatic rings. The van der Waals surface area contributed by atoms with Crippen LogP contribution >= 0.6 is 0 Å². The highest BCUT2D eigenvalue weighted by atomic mass is 16.4. The zero-order valence-corrected chi connectivity index (χ0v) is 7.46. The highest BCUT2D eigenvalue weighted by Crippen LogP contribution is 2.06. The van der Waals surface area contributed by atoms with E-state index in [1.165, 1.54) is 13.8 Å². The van der Waals surface area contributed by atoms with Crippen molar-refractivity contribution in [2.24, 2.45) is 5.73 Å². The Kier molecular flexibility index (Phi) is 3.41. The van der Waals surface area contributed by atoms with E-state index in [1.54, 1.807) is 0 Å². The molecule has 0 rings (SSSR count). The van der Waals surface area contributed by atoms with E-state index in [1.807, 2.05) is 0 Å². The number of primary amides is 1. The Bertz CT molecular complexity index is 247. The number of carboxylic acid groups (broad SMARTS) is 1. The summed E-state index contributed by atoms with van der Waals surface area (Å²) in [6.07, 6.45) is -0.105. The van der Waals surface area contributed by atoms with Crippen molar-refractivity contribution in [3.63, 3.8) is 0 Å². The lowest BCUT2D eigenvalue weighted by Gasteiger charge is -2.23. The van der Waals surface area contributed by atoms with Crippen LogP contribution in [0.2, 0.25) is 0 Å². The fourth-order valence-electron chi connectivity index (χ4n) is 0.841. The van der Waals surface area contributed by atoms with Gasteiger partial charge in [0.25, 0.3) is 0 Å². The average Bonchev–Trinajstić information content (AvgIpc) is 1.81. The average molecular weight is 188 g/mol. The molecule has 0 saturated carbocycles. The van der Waals surface area contributed by atoms with E-state index < -0.39 is 23.3 Å². The fourth-order valence-corrected chi connectivity index (χ4v) is 0.841. The normalized spacial score (nSPS) is 10.6. The van der Waals surface area contributed by atoms with Crippen LogP contribution in [0.3, 0.4) is 0 Å². The van der Waals surface area contributed by atoms with Crippen LogP contribution in [0, 0.1) is 0 Å². The van der Waals surface area contributed by atoms with Gasteiger partial charge in [-0.15, -0.1) is 0 Å². The van der Waals surface area contributed by atoms with Crippen LogP contribution in [-0.2, 0) is 14.4 Å². The van der Waals surface area contributed by atoms with Crippen LogP contribution in [0.4, 0.5) is 0 Å². The summed E-state index contributed by atoms with van der Waals surface area (Å²) >= 11 is 0. The molecule has 0 aromatic heterocycles. The first-order valence-corrected chi connectivity index (χ1v) is 3.58. The van der Waals surface area contributed by atoms with Gasteiger partial charge in [0.05, 0.1) is 0 Å². The first-order valence-electron chi connectivity index (χ1n) is 3.58. The Hall–Kier alpha value is -1.59. The molecule has 0 spiro atoms. The lowest BCUT2D eigenvalue weighted by Crippen LogP contribution is -2.48. The first-order chi connectivity index (χ1) is 5.74. The summed E-state index contributed by atoms with van der Waals surface area (Å²) in [5.41, 5.74) is 3.96. The van der Waals surface area contributed by atoms with Crippen LogP contribution < -0.4 is 11.1 Å². The molecule has 0 aliphatic rings. The number of nitrogens with two attached hydrogens (primary N) is 1. The van der Waals surface area contributed by atoms with Gasteiger partial charge in [-0.3, -0.25) is 9.59 Å². The van der Waals surface area contributed by atoms with Crippen molar-refractivity contribution >= 4 is 17.8 Å². The Morgan fingerprint density at radius 3 is 2.15 bits per heavy atom. The smallest absolute Gasteiger partial charge is 0.394 e. The van der Waals surface area contributed by atoms with Gasteiger partial charge in [0, 0.05) is 12.0 Å². The molecule has 0 atom stereocenters. The van der Waals surface area contributed by atoms with Crippen molar-refractivity contribution in [2.75, 3.05) is 0 Å². The Labute approximate surface area is 75.1 Å². The summed E-state index contributed by atoms with van der Waals surface area (Å²) in [5.74, 6) is -3.33. The zero-order valence-electron chi connectivity index (χ0n) is 7.46. The molecule has 2 amide bonds. The summed E-state index contributed by atoms with van der Waals surface area (Å²) in [7, 11) is 0. The quantitative estimate of drug-likeness (QED) is 0.485. The Morgan fingerprint density at radius 1 is 1.38 bits per heavy atom. The summed E-state index contributed by atoms with van der Waals surface area (Å²) in [6, 6.07) is 0. The number of aliphatic carboxylic acids is 1.